The van der Waals surface area contributed by atoms with E-state index in [1.807, 2.05) is 6.07 Å². The fourth-order valence-corrected chi connectivity index (χ4v) is 1.95. The van der Waals surface area contributed by atoms with Gasteiger partial charge in [0.15, 0.2) is 0 Å². The predicted octanol–water partition coefficient (Wildman–Crippen LogP) is 2.78. The summed E-state index contributed by atoms with van der Waals surface area (Å²) in [5, 5.41) is 3.36. The molecule has 0 radical (unpaired) electrons. The first kappa shape index (κ1) is 12.6. The van der Waals surface area contributed by atoms with Gasteiger partial charge in [-0.25, -0.2) is 9.78 Å². The van der Waals surface area contributed by atoms with Crippen LogP contribution in [0, 0.1) is 0 Å². The number of carbonyl (C=O) groups is 1. The maximum atomic E-state index is 11.5. The van der Waals surface area contributed by atoms with Crippen molar-refractivity contribution in [1.82, 2.24) is 4.98 Å². The van der Waals surface area contributed by atoms with Gasteiger partial charge in [-0.1, -0.05) is 12.2 Å². The lowest BCUT2D eigenvalue weighted by molar-refractivity contribution is 0.0526. The monoisotopic (exact) mass is 246 g/mol. The van der Waals surface area contributed by atoms with Gasteiger partial charge in [0.2, 0.25) is 0 Å². The molecule has 18 heavy (non-hydrogen) atoms. The van der Waals surface area contributed by atoms with Crippen LogP contribution in [0.2, 0.25) is 0 Å². The largest absolute Gasteiger partial charge is 0.462 e. The number of ether oxygens (including phenoxy) is 1. The molecule has 1 aliphatic carbocycles. The van der Waals surface area contributed by atoms with E-state index in [9.17, 15) is 4.79 Å². The average molecular weight is 246 g/mol. The zero-order valence-electron chi connectivity index (χ0n) is 10.6. The van der Waals surface area contributed by atoms with Crippen molar-refractivity contribution in [3.63, 3.8) is 0 Å². The number of anilines is 1. The molecule has 0 fully saturated rings. The first-order valence-electron chi connectivity index (χ1n) is 6.34. The molecular weight excluding hydrogens is 228 g/mol. The molecule has 2 rings (SSSR count). The molecule has 0 spiro atoms. The van der Waals surface area contributed by atoms with Gasteiger partial charge >= 0.3 is 5.97 Å². The second kappa shape index (κ2) is 6.19. The average Bonchev–Trinajstić information content (AvgIpc) is 2.41. The minimum atomic E-state index is -0.322. The van der Waals surface area contributed by atoms with E-state index in [2.05, 4.69) is 22.5 Å². The summed E-state index contributed by atoms with van der Waals surface area (Å²) < 4.78 is 4.91. The fraction of sp³-hybridized carbons (Fsp3) is 0.429. The van der Waals surface area contributed by atoms with E-state index in [4.69, 9.17) is 4.74 Å². The summed E-state index contributed by atoms with van der Waals surface area (Å²) in [6, 6.07) is 4.01. The molecule has 1 heterocycles. The Hall–Kier alpha value is -1.84. The number of nitrogens with one attached hydrogen (secondary N) is 1. The van der Waals surface area contributed by atoms with Gasteiger partial charge in [0.05, 0.1) is 12.2 Å². The standard InChI is InChI=1S/C14H18N2O2/c1-2-18-14(17)11-8-9-13(15-10-11)16-12-6-4-3-5-7-12/h3-4,8-10,12H,2,5-7H2,1H3,(H,15,16). The number of aromatic nitrogens is 1. The molecule has 1 aromatic rings. The number of rotatable bonds is 4. The molecule has 0 bridgehead atoms. The quantitative estimate of drug-likeness (QED) is 0.655. The summed E-state index contributed by atoms with van der Waals surface area (Å²) >= 11 is 0. The molecule has 1 atom stereocenters. The number of pyridine rings is 1. The van der Waals surface area contributed by atoms with Gasteiger partial charge in [0.25, 0.3) is 0 Å². The van der Waals surface area contributed by atoms with E-state index in [-0.39, 0.29) is 5.97 Å². The molecule has 1 N–H and O–H groups in total. The van der Waals surface area contributed by atoms with Crippen LogP contribution >= 0.6 is 0 Å². The topological polar surface area (TPSA) is 51.2 Å². The first-order chi connectivity index (χ1) is 8.79. The molecule has 0 aliphatic heterocycles. The molecule has 4 nitrogen and oxygen atoms in total. The number of hydrogen-bond donors (Lipinski definition) is 1. The second-order valence-electron chi connectivity index (χ2n) is 4.28. The van der Waals surface area contributed by atoms with E-state index in [1.165, 1.54) is 0 Å². The Bertz CT molecular complexity index is 426. The lowest BCUT2D eigenvalue weighted by atomic mass is 10.0. The van der Waals surface area contributed by atoms with Crippen molar-refractivity contribution in [2.45, 2.75) is 32.2 Å². The number of nitrogens with zero attached hydrogens (tertiary/aromatic N) is 1. The number of carbonyl (C=O) groups excluding carboxylic acids is 1. The highest BCUT2D eigenvalue weighted by Gasteiger charge is 2.11. The highest BCUT2D eigenvalue weighted by Crippen LogP contribution is 2.16. The smallest absolute Gasteiger partial charge is 0.339 e. The zero-order valence-corrected chi connectivity index (χ0v) is 10.6. The molecule has 1 aromatic heterocycles. The van der Waals surface area contributed by atoms with Crippen LogP contribution in [-0.2, 0) is 4.74 Å². The first-order valence-corrected chi connectivity index (χ1v) is 6.34. The lowest BCUT2D eigenvalue weighted by Crippen LogP contribution is -2.21. The van der Waals surface area contributed by atoms with Gasteiger partial charge in [0, 0.05) is 12.2 Å². The Morgan fingerprint density at radius 3 is 3.00 bits per heavy atom. The Kier molecular flexibility index (Phi) is 4.34. The third kappa shape index (κ3) is 3.32. The van der Waals surface area contributed by atoms with Gasteiger partial charge in [-0.3, -0.25) is 0 Å². The van der Waals surface area contributed by atoms with E-state index < -0.39 is 0 Å². The molecular formula is C14H18N2O2. The third-order valence-electron chi connectivity index (χ3n) is 2.90. The van der Waals surface area contributed by atoms with Crippen molar-refractivity contribution in [3.8, 4) is 0 Å². The van der Waals surface area contributed by atoms with Gasteiger partial charge in [0.1, 0.15) is 5.82 Å². The number of esters is 1. The van der Waals surface area contributed by atoms with Crippen LogP contribution in [0.1, 0.15) is 36.5 Å². The summed E-state index contributed by atoms with van der Waals surface area (Å²) in [5.74, 6) is 0.487. The van der Waals surface area contributed by atoms with Crippen LogP contribution in [0.3, 0.4) is 0 Å². The maximum absolute atomic E-state index is 11.5. The summed E-state index contributed by atoms with van der Waals surface area (Å²) in [6.45, 7) is 2.17. The Morgan fingerprint density at radius 2 is 2.39 bits per heavy atom. The number of allylic oxidation sites excluding steroid dienone is 1. The van der Waals surface area contributed by atoms with Crippen LogP contribution in [0.4, 0.5) is 5.82 Å². The summed E-state index contributed by atoms with van der Waals surface area (Å²) in [6.07, 6.45) is 9.21. The van der Waals surface area contributed by atoms with Crippen molar-refractivity contribution in [1.29, 1.82) is 0 Å². The molecule has 0 aromatic carbocycles. The van der Waals surface area contributed by atoms with Crippen LogP contribution in [0.25, 0.3) is 0 Å². The van der Waals surface area contributed by atoms with Crippen LogP contribution in [0.5, 0.6) is 0 Å². The van der Waals surface area contributed by atoms with Gasteiger partial charge in [-0.05, 0) is 38.3 Å². The molecule has 0 saturated heterocycles. The third-order valence-corrected chi connectivity index (χ3v) is 2.90. The normalized spacial score (nSPS) is 18.4. The van der Waals surface area contributed by atoms with Gasteiger partial charge in [-0.2, -0.15) is 0 Å². The Morgan fingerprint density at radius 1 is 1.50 bits per heavy atom. The second-order valence-corrected chi connectivity index (χ2v) is 4.28. The van der Waals surface area contributed by atoms with Gasteiger partial charge < -0.3 is 10.1 Å². The summed E-state index contributed by atoms with van der Waals surface area (Å²) in [5.41, 5.74) is 0.492. The summed E-state index contributed by atoms with van der Waals surface area (Å²) in [7, 11) is 0. The van der Waals surface area contributed by atoms with Crippen molar-refractivity contribution in [3.05, 3.63) is 36.0 Å². The van der Waals surface area contributed by atoms with E-state index in [1.54, 1.807) is 19.2 Å². The van der Waals surface area contributed by atoms with Crippen molar-refractivity contribution in [2.24, 2.45) is 0 Å². The molecule has 96 valence electrons. The van der Waals surface area contributed by atoms with E-state index in [0.717, 1.165) is 25.1 Å². The SMILES string of the molecule is CCOC(=O)c1ccc(NC2CC=CCC2)nc1. The predicted molar refractivity (Wildman–Crippen MR) is 70.6 cm³/mol. The fourth-order valence-electron chi connectivity index (χ4n) is 1.95. The van der Waals surface area contributed by atoms with Crippen molar-refractivity contribution in [2.75, 3.05) is 11.9 Å². The molecule has 0 saturated carbocycles. The van der Waals surface area contributed by atoms with E-state index >= 15 is 0 Å². The van der Waals surface area contributed by atoms with Crippen LogP contribution in [0.15, 0.2) is 30.5 Å². The van der Waals surface area contributed by atoms with Crippen molar-refractivity contribution < 1.29 is 9.53 Å². The summed E-state index contributed by atoms with van der Waals surface area (Å²) in [4.78, 5) is 15.7. The highest BCUT2D eigenvalue weighted by atomic mass is 16.5. The lowest BCUT2D eigenvalue weighted by Gasteiger charge is -2.19. The van der Waals surface area contributed by atoms with E-state index in [0.29, 0.717) is 18.2 Å². The maximum Gasteiger partial charge on any atom is 0.339 e. The van der Waals surface area contributed by atoms with Crippen LogP contribution < -0.4 is 5.32 Å². The minimum Gasteiger partial charge on any atom is -0.462 e. The van der Waals surface area contributed by atoms with Gasteiger partial charge in [-0.15, -0.1) is 0 Å². The Balaban J connectivity index is 1.94. The van der Waals surface area contributed by atoms with Crippen LogP contribution in [-0.4, -0.2) is 23.6 Å². The highest BCUT2D eigenvalue weighted by molar-refractivity contribution is 5.89. The number of hydrogen-bond acceptors (Lipinski definition) is 4. The molecule has 1 aliphatic rings. The zero-order chi connectivity index (χ0) is 12.8. The Labute approximate surface area is 107 Å². The molecule has 0 amide bonds. The molecule has 1 unspecified atom stereocenters. The minimum absolute atomic E-state index is 0.322. The van der Waals surface area contributed by atoms with Crippen molar-refractivity contribution >= 4 is 11.8 Å². The molecule has 4 heteroatoms.